The predicted molar refractivity (Wildman–Crippen MR) is 92.3 cm³/mol. The molecule has 22 heavy (non-hydrogen) atoms. The quantitative estimate of drug-likeness (QED) is 0.492. The monoisotopic (exact) mass is 302 g/mol. The van der Waals surface area contributed by atoms with E-state index in [9.17, 15) is 5.11 Å². The van der Waals surface area contributed by atoms with Crippen molar-refractivity contribution in [2.75, 3.05) is 6.61 Å². The van der Waals surface area contributed by atoms with E-state index in [0.29, 0.717) is 6.61 Å². The van der Waals surface area contributed by atoms with Crippen LogP contribution in [-0.2, 0) is 0 Å². The average Bonchev–Trinajstić information content (AvgIpc) is 2.55. The fourth-order valence-corrected chi connectivity index (χ4v) is 3.29. The first-order valence-corrected chi connectivity index (χ1v) is 8.86. The molecule has 1 saturated carbocycles. The largest absolute Gasteiger partial charge is 0.508 e. The van der Waals surface area contributed by atoms with Crippen LogP contribution in [0.3, 0.4) is 0 Å². The summed E-state index contributed by atoms with van der Waals surface area (Å²) < 4.78 is 5.64. The van der Waals surface area contributed by atoms with Gasteiger partial charge in [0, 0.05) is 0 Å². The normalized spacial score (nSPS) is 22.0. The summed E-state index contributed by atoms with van der Waals surface area (Å²) in [7, 11) is 0. The molecule has 0 unspecified atom stereocenters. The van der Waals surface area contributed by atoms with Gasteiger partial charge in [-0.25, -0.2) is 0 Å². The van der Waals surface area contributed by atoms with Crippen LogP contribution < -0.4 is 4.74 Å². The summed E-state index contributed by atoms with van der Waals surface area (Å²) in [5, 5.41) is 9.22. The molecule has 1 aromatic rings. The Morgan fingerprint density at radius 3 is 2.50 bits per heavy atom. The van der Waals surface area contributed by atoms with Crippen molar-refractivity contribution < 1.29 is 9.84 Å². The molecule has 0 saturated heterocycles. The first-order chi connectivity index (χ1) is 10.8. The Hall–Kier alpha value is -1.44. The molecule has 0 spiro atoms. The minimum atomic E-state index is 0.276. The van der Waals surface area contributed by atoms with E-state index >= 15 is 0 Å². The van der Waals surface area contributed by atoms with E-state index in [2.05, 4.69) is 19.1 Å². The van der Waals surface area contributed by atoms with E-state index in [1.54, 1.807) is 24.3 Å². The number of ether oxygens (including phenoxy) is 1. The van der Waals surface area contributed by atoms with Gasteiger partial charge in [0.05, 0.1) is 0 Å². The van der Waals surface area contributed by atoms with Crippen molar-refractivity contribution >= 4 is 0 Å². The van der Waals surface area contributed by atoms with Crippen molar-refractivity contribution in [1.82, 2.24) is 0 Å². The molecule has 0 bridgehead atoms. The van der Waals surface area contributed by atoms with Gasteiger partial charge in [-0.2, -0.15) is 0 Å². The topological polar surface area (TPSA) is 29.5 Å². The molecule has 0 atom stereocenters. The minimum absolute atomic E-state index is 0.276. The number of unbranched alkanes of at least 4 members (excludes halogenated alkanes) is 2. The number of allylic oxidation sites excluding steroid dienone is 1. The number of aromatic hydroxyl groups is 1. The standard InChI is InChI=1S/C20H30O2/c1-2-3-4-6-17-8-10-18(11-9-17)7-5-16-22-20-14-12-19(21)13-15-20/h5,7,12-15,17-18,21H,2-4,6,8-11,16H2,1H3. The van der Waals surface area contributed by atoms with Gasteiger partial charge in [0.25, 0.3) is 0 Å². The van der Waals surface area contributed by atoms with Crippen molar-refractivity contribution in [2.45, 2.75) is 58.3 Å². The Morgan fingerprint density at radius 1 is 1.09 bits per heavy atom. The summed E-state index contributed by atoms with van der Waals surface area (Å²) in [4.78, 5) is 0. The Balaban J connectivity index is 1.60. The molecule has 2 heteroatoms. The van der Waals surface area contributed by atoms with Gasteiger partial charge >= 0.3 is 0 Å². The van der Waals surface area contributed by atoms with Crippen molar-refractivity contribution in [2.24, 2.45) is 11.8 Å². The second kappa shape index (κ2) is 9.55. The van der Waals surface area contributed by atoms with Crippen molar-refractivity contribution in [3.8, 4) is 11.5 Å². The van der Waals surface area contributed by atoms with Gasteiger partial charge in [0.1, 0.15) is 18.1 Å². The van der Waals surface area contributed by atoms with Crippen LogP contribution >= 0.6 is 0 Å². The van der Waals surface area contributed by atoms with Crippen LogP contribution in [0.2, 0.25) is 0 Å². The van der Waals surface area contributed by atoms with Crippen molar-refractivity contribution in [1.29, 1.82) is 0 Å². The summed E-state index contributed by atoms with van der Waals surface area (Å²) in [6, 6.07) is 6.90. The van der Waals surface area contributed by atoms with E-state index in [1.807, 2.05) is 0 Å². The molecule has 1 aliphatic carbocycles. The highest BCUT2D eigenvalue weighted by Crippen LogP contribution is 2.32. The maximum atomic E-state index is 9.22. The van der Waals surface area contributed by atoms with Gasteiger partial charge in [0.2, 0.25) is 0 Å². The number of hydrogen-bond donors (Lipinski definition) is 1. The number of benzene rings is 1. The highest BCUT2D eigenvalue weighted by atomic mass is 16.5. The third-order valence-corrected chi connectivity index (χ3v) is 4.70. The second-order valence-electron chi connectivity index (χ2n) is 6.51. The van der Waals surface area contributed by atoms with E-state index in [-0.39, 0.29) is 5.75 Å². The van der Waals surface area contributed by atoms with Crippen molar-refractivity contribution in [3.05, 3.63) is 36.4 Å². The van der Waals surface area contributed by atoms with Gasteiger partial charge in [-0.05, 0) is 61.8 Å². The molecule has 122 valence electrons. The Bertz CT molecular complexity index is 428. The van der Waals surface area contributed by atoms with Gasteiger partial charge in [0.15, 0.2) is 0 Å². The average molecular weight is 302 g/mol. The molecular formula is C20H30O2. The molecule has 1 aromatic carbocycles. The van der Waals surface area contributed by atoms with Crippen LogP contribution in [0.15, 0.2) is 36.4 Å². The van der Waals surface area contributed by atoms with Gasteiger partial charge < -0.3 is 9.84 Å². The summed E-state index contributed by atoms with van der Waals surface area (Å²) in [5.41, 5.74) is 0. The molecule has 1 N–H and O–H groups in total. The number of hydrogen-bond acceptors (Lipinski definition) is 2. The first kappa shape index (κ1) is 16.9. The van der Waals surface area contributed by atoms with Gasteiger partial charge in [-0.15, -0.1) is 0 Å². The van der Waals surface area contributed by atoms with E-state index < -0.39 is 0 Å². The zero-order chi connectivity index (χ0) is 15.6. The van der Waals surface area contributed by atoms with Crippen LogP contribution in [0.4, 0.5) is 0 Å². The van der Waals surface area contributed by atoms with Gasteiger partial charge in [-0.1, -0.05) is 44.8 Å². The SMILES string of the molecule is CCCCCC1CCC(C=CCOc2ccc(O)cc2)CC1. The molecule has 2 rings (SSSR count). The lowest BCUT2D eigenvalue weighted by Gasteiger charge is -2.26. The fraction of sp³-hybridized carbons (Fsp3) is 0.600. The molecule has 0 amide bonds. The summed E-state index contributed by atoms with van der Waals surface area (Å²) >= 11 is 0. The summed E-state index contributed by atoms with van der Waals surface area (Å²) in [6.45, 7) is 2.89. The maximum Gasteiger partial charge on any atom is 0.120 e. The lowest BCUT2D eigenvalue weighted by molar-refractivity contribution is 0.288. The predicted octanol–water partition coefficient (Wildman–Crippen LogP) is 5.71. The molecule has 1 aliphatic rings. The first-order valence-electron chi connectivity index (χ1n) is 8.86. The highest BCUT2D eigenvalue weighted by Gasteiger charge is 2.18. The van der Waals surface area contributed by atoms with Crippen LogP contribution in [0.1, 0.15) is 58.3 Å². The lowest BCUT2D eigenvalue weighted by Crippen LogP contribution is -2.13. The van der Waals surface area contributed by atoms with E-state index in [0.717, 1.165) is 17.6 Å². The maximum absolute atomic E-state index is 9.22. The Kier molecular flexibility index (Phi) is 7.35. The highest BCUT2D eigenvalue weighted by molar-refractivity contribution is 5.30. The smallest absolute Gasteiger partial charge is 0.120 e. The molecule has 0 radical (unpaired) electrons. The third-order valence-electron chi connectivity index (χ3n) is 4.70. The lowest BCUT2D eigenvalue weighted by atomic mass is 9.79. The van der Waals surface area contributed by atoms with E-state index in [4.69, 9.17) is 4.74 Å². The van der Waals surface area contributed by atoms with Crippen molar-refractivity contribution in [3.63, 3.8) is 0 Å². The second-order valence-corrected chi connectivity index (χ2v) is 6.51. The van der Waals surface area contributed by atoms with Crippen LogP contribution in [0.25, 0.3) is 0 Å². The molecule has 0 heterocycles. The van der Waals surface area contributed by atoms with Crippen LogP contribution in [-0.4, -0.2) is 11.7 Å². The fourth-order valence-electron chi connectivity index (χ4n) is 3.29. The molecule has 0 aromatic heterocycles. The summed E-state index contributed by atoms with van der Waals surface area (Å²) in [6.07, 6.45) is 15.6. The van der Waals surface area contributed by atoms with E-state index in [1.165, 1.54) is 51.4 Å². The Morgan fingerprint density at radius 2 is 1.82 bits per heavy atom. The molecular weight excluding hydrogens is 272 g/mol. The zero-order valence-electron chi connectivity index (χ0n) is 13.8. The number of phenols is 1. The minimum Gasteiger partial charge on any atom is -0.508 e. The number of phenolic OH excluding ortho intramolecular Hbond substituents is 1. The Labute approximate surface area is 135 Å². The summed E-state index contributed by atoms with van der Waals surface area (Å²) in [5.74, 6) is 2.80. The number of rotatable bonds is 8. The zero-order valence-corrected chi connectivity index (χ0v) is 13.8. The third kappa shape index (κ3) is 6.13. The molecule has 2 nitrogen and oxygen atoms in total. The molecule has 1 fully saturated rings. The molecule has 0 aliphatic heterocycles. The van der Waals surface area contributed by atoms with Crippen LogP contribution in [0, 0.1) is 11.8 Å². The van der Waals surface area contributed by atoms with Crippen LogP contribution in [0.5, 0.6) is 11.5 Å². The van der Waals surface area contributed by atoms with Gasteiger partial charge in [-0.3, -0.25) is 0 Å².